The number of halogens is 2. The van der Waals surface area contributed by atoms with Crippen LogP contribution in [0.4, 0.5) is 5.69 Å². The number of amides is 1. The second kappa shape index (κ2) is 9.56. The summed E-state index contributed by atoms with van der Waals surface area (Å²) >= 11 is 17.4. The van der Waals surface area contributed by atoms with Crippen LogP contribution in [0.15, 0.2) is 42.5 Å². The van der Waals surface area contributed by atoms with Crippen molar-refractivity contribution < 1.29 is 9.53 Å². The largest absolute Gasteiger partial charge is 0.484 e. The third-order valence-electron chi connectivity index (χ3n) is 4.47. The predicted molar refractivity (Wildman–Crippen MR) is 118 cm³/mol. The molecular weight excluding hydrogens is 417 g/mol. The summed E-state index contributed by atoms with van der Waals surface area (Å²) in [4.78, 5) is 17.4. The monoisotopic (exact) mass is 437 g/mol. The van der Waals surface area contributed by atoms with Crippen LogP contribution in [0, 0.1) is 0 Å². The molecule has 0 radical (unpaired) electrons. The van der Waals surface area contributed by atoms with Gasteiger partial charge in [-0.2, -0.15) is 0 Å². The minimum atomic E-state index is -0.282. The van der Waals surface area contributed by atoms with Gasteiger partial charge in [0.25, 0.3) is 5.91 Å². The van der Waals surface area contributed by atoms with E-state index in [0.29, 0.717) is 21.5 Å². The number of anilines is 1. The molecule has 1 aliphatic heterocycles. The number of rotatable bonds is 5. The summed E-state index contributed by atoms with van der Waals surface area (Å²) in [5, 5.41) is 3.54. The van der Waals surface area contributed by atoms with Crippen molar-refractivity contribution in [1.82, 2.24) is 9.80 Å². The number of hydrogen-bond donors (Lipinski definition) is 1. The minimum absolute atomic E-state index is 0.109. The van der Waals surface area contributed by atoms with Crippen molar-refractivity contribution in [3.63, 3.8) is 0 Å². The van der Waals surface area contributed by atoms with E-state index in [9.17, 15) is 4.79 Å². The Kier molecular flexibility index (Phi) is 7.13. The van der Waals surface area contributed by atoms with Gasteiger partial charge in [-0.05, 0) is 49.5 Å². The molecule has 148 valence electrons. The number of thiocarbonyl (C=S) groups is 1. The van der Waals surface area contributed by atoms with Crippen molar-refractivity contribution in [1.29, 1.82) is 0 Å². The van der Waals surface area contributed by atoms with E-state index in [2.05, 4.69) is 22.2 Å². The zero-order valence-corrected chi connectivity index (χ0v) is 17.8. The fourth-order valence-corrected chi connectivity index (χ4v) is 3.42. The molecule has 0 atom stereocenters. The third kappa shape index (κ3) is 5.58. The molecule has 5 nitrogen and oxygen atoms in total. The molecule has 0 bridgehead atoms. The number of hydrogen-bond acceptors (Lipinski definition) is 4. The molecule has 3 rings (SSSR count). The van der Waals surface area contributed by atoms with Crippen LogP contribution < -0.4 is 10.1 Å². The lowest BCUT2D eigenvalue weighted by Crippen LogP contribution is -2.46. The number of likely N-dealkylation sites (N-methyl/N-ethyl adjacent to an activating group) is 1. The zero-order chi connectivity index (χ0) is 20.1. The average molecular weight is 438 g/mol. The number of carbonyl (C=O) groups is 1. The quantitative estimate of drug-likeness (QED) is 0.717. The van der Waals surface area contributed by atoms with Crippen LogP contribution in [-0.4, -0.2) is 60.5 Å². The molecule has 1 N–H and O–H groups in total. The molecule has 1 saturated heterocycles. The van der Waals surface area contributed by atoms with Crippen molar-refractivity contribution in [2.75, 3.05) is 45.2 Å². The van der Waals surface area contributed by atoms with Gasteiger partial charge in [0.1, 0.15) is 10.7 Å². The summed E-state index contributed by atoms with van der Waals surface area (Å²) in [6, 6.07) is 12.4. The molecule has 8 heteroatoms. The standard InChI is InChI=1S/C20H21Cl2N3O2S/c1-24-8-10-25(11-9-24)20(28)14-2-5-16(6-3-14)27-13-19(26)23-15-4-7-17(21)18(22)12-15/h2-7,12H,8-11,13H2,1H3,(H,23,26). The molecule has 0 saturated carbocycles. The van der Waals surface area contributed by atoms with Gasteiger partial charge < -0.3 is 19.9 Å². The van der Waals surface area contributed by atoms with Gasteiger partial charge in [-0.25, -0.2) is 0 Å². The summed E-state index contributed by atoms with van der Waals surface area (Å²) in [6.45, 7) is 3.78. The molecule has 0 unspecified atom stereocenters. The van der Waals surface area contributed by atoms with Crippen molar-refractivity contribution in [2.24, 2.45) is 0 Å². The summed E-state index contributed by atoms with van der Waals surface area (Å²) in [6.07, 6.45) is 0. The molecule has 1 heterocycles. The first-order chi connectivity index (χ1) is 13.4. The van der Waals surface area contributed by atoms with E-state index in [1.54, 1.807) is 18.2 Å². The molecule has 0 spiro atoms. The minimum Gasteiger partial charge on any atom is -0.484 e. The molecule has 28 heavy (non-hydrogen) atoms. The molecular formula is C20H21Cl2N3O2S. The van der Waals surface area contributed by atoms with Gasteiger partial charge in [-0.3, -0.25) is 4.79 Å². The van der Waals surface area contributed by atoms with Crippen molar-refractivity contribution in [3.05, 3.63) is 58.1 Å². The van der Waals surface area contributed by atoms with E-state index in [-0.39, 0.29) is 12.5 Å². The molecule has 2 aromatic rings. The maximum absolute atomic E-state index is 12.0. The first-order valence-electron chi connectivity index (χ1n) is 8.88. The lowest BCUT2D eigenvalue weighted by atomic mass is 10.2. The number of ether oxygens (including phenoxy) is 1. The number of piperazine rings is 1. The number of benzene rings is 2. The SMILES string of the molecule is CN1CCN(C(=S)c2ccc(OCC(=O)Nc3ccc(Cl)c(Cl)c3)cc2)CC1. The van der Waals surface area contributed by atoms with Crippen LogP contribution >= 0.6 is 35.4 Å². The lowest BCUT2D eigenvalue weighted by molar-refractivity contribution is -0.118. The van der Waals surface area contributed by atoms with E-state index < -0.39 is 0 Å². The van der Waals surface area contributed by atoms with E-state index in [1.165, 1.54) is 0 Å². The van der Waals surface area contributed by atoms with Gasteiger partial charge >= 0.3 is 0 Å². The maximum atomic E-state index is 12.0. The Balaban J connectivity index is 1.50. The van der Waals surface area contributed by atoms with E-state index in [4.69, 9.17) is 40.2 Å². The first kappa shape index (κ1) is 20.9. The van der Waals surface area contributed by atoms with Crippen molar-refractivity contribution in [2.45, 2.75) is 0 Å². The Bertz CT molecular complexity index is 853. The lowest BCUT2D eigenvalue weighted by Gasteiger charge is -2.34. The topological polar surface area (TPSA) is 44.8 Å². The van der Waals surface area contributed by atoms with Crippen LogP contribution in [0.25, 0.3) is 0 Å². The van der Waals surface area contributed by atoms with Crippen molar-refractivity contribution >= 4 is 52.0 Å². The summed E-state index contributed by atoms with van der Waals surface area (Å²) in [5.41, 5.74) is 1.54. The Morgan fingerprint density at radius 2 is 1.75 bits per heavy atom. The molecule has 0 aliphatic carbocycles. The predicted octanol–water partition coefficient (Wildman–Crippen LogP) is 3.93. The third-order valence-corrected chi connectivity index (χ3v) is 5.70. The molecule has 1 amide bonds. The normalized spacial score (nSPS) is 14.6. The summed E-state index contributed by atoms with van der Waals surface area (Å²) in [5.74, 6) is 0.324. The van der Waals surface area contributed by atoms with Crippen LogP contribution in [0.1, 0.15) is 5.56 Å². The van der Waals surface area contributed by atoms with Gasteiger partial charge in [0.05, 0.1) is 10.0 Å². The van der Waals surface area contributed by atoms with E-state index in [0.717, 1.165) is 36.7 Å². The fourth-order valence-electron chi connectivity index (χ4n) is 2.81. The maximum Gasteiger partial charge on any atom is 0.262 e. The molecule has 1 aliphatic rings. The second-order valence-electron chi connectivity index (χ2n) is 6.59. The van der Waals surface area contributed by atoms with Crippen LogP contribution in [0.2, 0.25) is 10.0 Å². The summed E-state index contributed by atoms with van der Waals surface area (Å²) < 4.78 is 5.55. The second-order valence-corrected chi connectivity index (χ2v) is 7.79. The zero-order valence-electron chi connectivity index (χ0n) is 15.5. The number of carbonyl (C=O) groups excluding carboxylic acids is 1. The Morgan fingerprint density at radius 1 is 1.07 bits per heavy atom. The van der Waals surface area contributed by atoms with Gasteiger partial charge in [0, 0.05) is 37.4 Å². The number of nitrogens with zero attached hydrogens (tertiary/aromatic N) is 2. The smallest absolute Gasteiger partial charge is 0.262 e. The Morgan fingerprint density at radius 3 is 2.39 bits per heavy atom. The highest BCUT2D eigenvalue weighted by Crippen LogP contribution is 2.25. The van der Waals surface area contributed by atoms with E-state index in [1.807, 2.05) is 24.3 Å². The molecule has 2 aromatic carbocycles. The van der Waals surface area contributed by atoms with Crippen LogP contribution in [0.3, 0.4) is 0 Å². The highest BCUT2D eigenvalue weighted by atomic mass is 35.5. The van der Waals surface area contributed by atoms with Gasteiger partial charge in [-0.1, -0.05) is 35.4 Å². The van der Waals surface area contributed by atoms with Gasteiger partial charge in [0.15, 0.2) is 6.61 Å². The van der Waals surface area contributed by atoms with Crippen LogP contribution in [-0.2, 0) is 4.79 Å². The highest BCUT2D eigenvalue weighted by molar-refractivity contribution is 7.80. The van der Waals surface area contributed by atoms with Gasteiger partial charge in [0.2, 0.25) is 0 Å². The summed E-state index contributed by atoms with van der Waals surface area (Å²) in [7, 11) is 2.12. The van der Waals surface area contributed by atoms with E-state index >= 15 is 0 Å². The first-order valence-corrected chi connectivity index (χ1v) is 10.0. The molecule has 1 fully saturated rings. The number of nitrogens with one attached hydrogen (secondary N) is 1. The Labute approximate surface area is 180 Å². The highest BCUT2D eigenvalue weighted by Gasteiger charge is 2.17. The Hall–Kier alpha value is -1.86. The van der Waals surface area contributed by atoms with Crippen LogP contribution in [0.5, 0.6) is 5.75 Å². The van der Waals surface area contributed by atoms with Crippen molar-refractivity contribution in [3.8, 4) is 5.75 Å². The average Bonchev–Trinajstić information content (AvgIpc) is 2.70. The van der Waals surface area contributed by atoms with Gasteiger partial charge in [-0.15, -0.1) is 0 Å². The molecule has 0 aromatic heterocycles. The fraction of sp³-hybridized carbons (Fsp3) is 0.300.